The normalized spacial score (nSPS) is 28.0. The smallest absolute Gasteiger partial charge is 0.106 e. The Morgan fingerprint density at radius 1 is 1.58 bits per heavy atom. The summed E-state index contributed by atoms with van der Waals surface area (Å²) in [5.41, 5.74) is 1.13. The van der Waals surface area contributed by atoms with Gasteiger partial charge in [0.05, 0.1) is 18.4 Å². The zero-order valence-corrected chi connectivity index (χ0v) is 8.04. The molecule has 1 fully saturated rings. The minimum atomic E-state index is 0.327. The fraction of sp³-hybridized carbons (Fsp3) is 0.889. The van der Waals surface area contributed by atoms with Crippen molar-refractivity contribution in [2.24, 2.45) is 11.1 Å². The van der Waals surface area contributed by atoms with Crippen molar-refractivity contribution in [3.63, 3.8) is 0 Å². The fourth-order valence-corrected chi connectivity index (χ4v) is 1.36. The average molecular weight is 171 g/mol. The van der Waals surface area contributed by atoms with Gasteiger partial charge in [0, 0.05) is 12.8 Å². The zero-order chi connectivity index (χ0) is 8.97. The quantitative estimate of drug-likeness (QED) is 0.593. The molecule has 0 aromatic rings. The molecular weight excluding hydrogens is 154 g/mol. The summed E-state index contributed by atoms with van der Waals surface area (Å²) >= 11 is 0. The molecule has 1 heterocycles. The molecule has 0 N–H and O–H groups in total. The first-order valence-electron chi connectivity index (χ1n) is 4.44. The molecule has 1 unspecified atom stereocenters. The Morgan fingerprint density at radius 2 is 2.33 bits per heavy atom. The van der Waals surface area contributed by atoms with Gasteiger partial charge in [0.1, 0.15) is 7.11 Å². The summed E-state index contributed by atoms with van der Waals surface area (Å²) in [6, 6.07) is 0. The van der Waals surface area contributed by atoms with Crippen LogP contribution in [0.1, 0.15) is 26.7 Å². The Balaban J connectivity index is 2.46. The van der Waals surface area contributed by atoms with Crippen molar-refractivity contribution < 1.29 is 9.57 Å². The molecule has 3 nitrogen and oxygen atoms in total. The van der Waals surface area contributed by atoms with Gasteiger partial charge >= 0.3 is 0 Å². The first kappa shape index (κ1) is 9.52. The Morgan fingerprint density at radius 3 is 2.92 bits per heavy atom. The standard InChI is InChI=1S/C9H17NO2/c1-7(2)9-6-8(10-11-3)4-5-12-9/h7,9H,4-6H2,1-3H3/b10-8-. The minimum absolute atomic E-state index is 0.327. The highest BCUT2D eigenvalue weighted by molar-refractivity contribution is 5.85. The van der Waals surface area contributed by atoms with Gasteiger partial charge < -0.3 is 9.57 Å². The summed E-state index contributed by atoms with van der Waals surface area (Å²) in [6.07, 6.45) is 2.16. The van der Waals surface area contributed by atoms with Gasteiger partial charge in [0.15, 0.2) is 0 Å². The zero-order valence-electron chi connectivity index (χ0n) is 8.04. The van der Waals surface area contributed by atoms with Crippen molar-refractivity contribution in [3.05, 3.63) is 0 Å². The van der Waals surface area contributed by atoms with Crippen LogP contribution in [0, 0.1) is 5.92 Å². The molecule has 0 aromatic carbocycles. The second kappa shape index (κ2) is 4.45. The maximum Gasteiger partial charge on any atom is 0.106 e. The molecule has 3 heteroatoms. The van der Waals surface area contributed by atoms with E-state index in [0.717, 1.165) is 25.2 Å². The fourth-order valence-electron chi connectivity index (χ4n) is 1.36. The van der Waals surface area contributed by atoms with Gasteiger partial charge in [0.2, 0.25) is 0 Å². The number of ether oxygens (including phenoxy) is 1. The predicted octanol–water partition coefficient (Wildman–Crippen LogP) is 1.82. The average Bonchev–Trinajstić information content (AvgIpc) is 2.05. The van der Waals surface area contributed by atoms with Crippen molar-refractivity contribution >= 4 is 5.71 Å². The van der Waals surface area contributed by atoms with E-state index in [1.807, 2.05) is 0 Å². The molecule has 0 amide bonds. The van der Waals surface area contributed by atoms with Gasteiger partial charge in [-0.15, -0.1) is 0 Å². The lowest BCUT2D eigenvalue weighted by atomic mass is 9.98. The second-order valence-corrected chi connectivity index (χ2v) is 3.45. The van der Waals surface area contributed by atoms with E-state index < -0.39 is 0 Å². The predicted molar refractivity (Wildman–Crippen MR) is 48.3 cm³/mol. The van der Waals surface area contributed by atoms with Crippen molar-refractivity contribution in [2.45, 2.75) is 32.8 Å². The van der Waals surface area contributed by atoms with E-state index in [0.29, 0.717) is 12.0 Å². The van der Waals surface area contributed by atoms with E-state index in [9.17, 15) is 0 Å². The van der Waals surface area contributed by atoms with Gasteiger partial charge in [-0.05, 0) is 5.92 Å². The van der Waals surface area contributed by atoms with Gasteiger partial charge in [-0.3, -0.25) is 0 Å². The molecule has 0 saturated carbocycles. The van der Waals surface area contributed by atoms with Crippen LogP contribution in [0.15, 0.2) is 5.16 Å². The summed E-state index contributed by atoms with van der Waals surface area (Å²) in [7, 11) is 1.59. The molecule has 12 heavy (non-hydrogen) atoms. The lowest BCUT2D eigenvalue weighted by Crippen LogP contribution is -2.29. The minimum Gasteiger partial charge on any atom is -0.399 e. The molecular formula is C9H17NO2. The third-order valence-electron chi connectivity index (χ3n) is 2.12. The van der Waals surface area contributed by atoms with Crippen LogP contribution in [0.25, 0.3) is 0 Å². The van der Waals surface area contributed by atoms with Crippen LogP contribution in [0.2, 0.25) is 0 Å². The SMILES string of the molecule is CO/N=C1/CCOC(C(C)C)C1. The van der Waals surface area contributed by atoms with E-state index in [2.05, 4.69) is 19.0 Å². The molecule has 1 atom stereocenters. The summed E-state index contributed by atoms with van der Waals surface area (Å²) in [5.74, 6) is 0.562. The number of oxime groups is 1. The molecule has 0 aromatic heterocycles. The van der Waals surface area contributed by atoms with Crippen molar-refractivity contribution in [2.75, 3.05) is 13.7 Å². The van der Waals surface area contributed by atoms with E-state index in [-0.39, 0.29) is 0 Å². The number of nitrogens with zero attached hydrogens (tertiary/aromatic N) is 1. The first-order valence-corrected chi connectivity index (χ1v) is 4.44. The molecule has 0 radical (unpaired) electrons. The van der Waals surface area contributed by atoms with Gasteiger partial charge in [-0.1, -0.05) is 19.0 Å². The molecule has 1 aliphatic heterocycles. The summed E-state index contributed by atoms with van der Waals surface area (Å²) in [6.45, 7) is 5.12. The van der Waals surface area contributed by atoms with Crippen LogP contribution in [0.4, 0.5) is 0 Å². The van der Waals surface area contributed by atoms with Gasteiger partial charge in [0.25, 0.3) is 0 Å². The molecule has 0 bridgehead atoms. The highest BCUT2D eigenvalue weighted by Crippen LogP contribution is 2.18. The van der Waals surface area contributed by atoms with E-state index in [1.54, 1.807) is 7.11 Å². The molecule has 1 saturated heterocycles. The van der Waals surface area contributed by atoms with Gasteiger partial charge in [-0.2, -0.15) is 0 Å². The van der Waals surface area contributed by atoms with Crippen LogP contribution < -0.4 is 0 Å². The van der Waals surface area contributed by atoms with E-state index >= 15 is 0 Å². The maximum absolute atomic E-state index is 5.58. The van der Waals surface area contributed by atoms with Gasteiger partial charge in [-0.25, -0.2) is 0 Å². The lowest BCUT2D eigenvalue weighted by Gasteiger charge is -2.26. The van der Waals surface area contributed by atoms with Crippen LogP contribution >= 0.6 is 0 Å². The summed E-state index contributed by atoms with van der Waals surface area (Å²) < 4.78 is 5.58. The lowest BCUT2D eigenvalue weighted by molar-refractivity contribution is 0.0181. The highest BCUT2D eigenvalue weighted by atomic mass is 16.6. The first-order chi connectivity index (χ1) is 5.74. The monoisotopic (exact) mass is 171 g/mol. The van der Waals surface area contributed by atoms with Crippen molar-refractivity contribution in [1.82, 2.24) is 0 Å². The Labute approximate surface area is 73.7 Å². The maximum atomic E-state index is 5.58. The number of rotatable bonds is 2. The highest BCUT2D eigenvalue weighted by Gasteiger charge is 2.21. The Kier molecular flexibility index (Phi) is 3.53. The second-order valence-electron chi connectivity index (χ2n) is 3.45. The van der Waals surface area contributed by atoms with Crippen molar-refractivity contribution in [3.8, 4) is 0 Å². The molecule has 70 valence electrons. The summed E-state index contributed by atoms with van der Waals surface area (Å²) in [4.78, 5) is 4.74. The number of hydrogen-bond acceptors (Lipinski definition) is 3. The molecule has 0 spiro atoms. The van der Waals surface area contributed by atoms with Crippen LogP contribution in [-0.4, -0.2) is 25.5 Å². The third-order valence-corrected chi connectivity index (χ3v) is 2.12. The van der Waals surface area contributed by atoms with E-state index in [4.69, 9.17) is 9.57 Å². The largest absolute Gasteiger partial charge is 0.399 e. The topological polar surface area (TPSA) is 30.8 Å². The van der Waals surface area contributed by atoms with Crippen LogP contribution in [0.5, 0.6) is 0 Å². The van der Waals surface area contributed by atoms with Crippen LogP contribution in [-0.2, 0) is 9.57 Å². The Hall–Kier alpha value is -0.570. The molecule has 1 rings (SSSR count). The van der Waals surface area contributed by atoms with E-state index in [1.165, 1.54) is 0 Å². The molecule has 0 aliphatic carbocycles. The Bertz CT molecular complexity index is 166. The molecule has 1 aliphatic rings. The van der Waals surface area contributed by atoms with Crippen LogP contribution in [0.3, 0.4) is 0 Å². The number of hydrogen-bond donors (Lipinski definition) is 0. The third kappa shape index (κ3) is 2.48. The van der Waals surface area contributed by atoms with Crippen molar-refractivity contribution in [1.29, 1.82) is 0 Å². The summed E-state index contributed by atoms with van der Waals surface area (Å²) in [5, 5.41) is 3.95.